The lowest BCUT2D eigenvalue weighted by molar-refractivity contribution is -0.225. The van der Waals surface area contributed by atoms with Crippen LogP contribution in [0.25, 0.3) is 5.57 Å². The topological polar surface area (TPSA) is 31.0 Å². The minimum Gasteiger partial charge on any atom is -0.368 e. The molecule has 2 atom stereocenters. The smallest absolute Gasteiger partial charge is 0.166 e. The van der Waals surface area contributed by atoms with Gasteiger partial charge in [-0.3, -0.25) is 0 Å². The molecule has 2 unspecified atom stereocenters. The van der Waals surface area contributed by atoms with Crippen LogP contribution < -0.4 is 0 Å². The molecule has 4 rings (SSSR count). The minimum atomic E-state index is -0.775. The highest BCUT2D eigenvalue weighted by molar-refractivity contribution is 5.67. The first-order chi connectivity index (χ1) is 13.2. The van der Waals surface area contributed by atoms with E-state index in [9.17, 15) is 8.78 Å². The van der Waals surface area contributed by atoms with Gasteiger partial charge in [0, 0.05) is 23.0 Å². The highest BCUT2D eigenvalue weighted by atomic mass is 19.2. The Hall–Kier alpha value is -1.56. The van der Waals surface area contributed by atoms with Crippen molar-refractivity contribution in [2.75, 3.05) is 19.8 Å². The van der Waals surface area contributed by atoms with Crippen LogP contribution in [-0.2, 0) is 14.2 Å². The lowest BCUT2D eigenvalue weighted by Gasteiger charge is -2.35. The Morgan fingerprint density at radius 1 is 1.07 bits per heavy atom. The van der Waals surface area contributed by atoms with E-state index in [0.29, 0.717) is 30.1 Å². The molecule has 3 nitrogen and oxygen atoms in total. The second-order valence-electron chi connectivity index (χ2n) is 7.68. The van der Waals surface area contributed by atoms with E-state index in [-0.39, 0.29) is 18.3 Å². The zero-order valence-corrected chi connectivity index (χ0v) is 15.5. The summed E-state index contributed by atoms with van der Waals surface area (Å²) in [6.07, 6.45) is 7.77. The van der Waals surface area contributed by atoms with Gasteiger partial charge in [-0.25, -0.2) is 8.78 Å². The zero-order chi connectivity index (χ0) is 18.8. The van der Waals surface area contributed by atoms with E-state index in [1.165, 1.54) is 0 Å². The van der Waals surface area contributed by atoms with Gasteiger partial charge in [-0.15, -0.1) is 6.58 Å². The second kappa shape index (κ2) is 8.21. The maximum atomic E-state index is 14.5. The Morgan fingerprint density at radius 2 is 1.85 bits per heavy atom. The van der Waals surface area contributed by atoms with Gasteiger partial charge < -0.3 is 14.2 Å². The fraction of sp³-hybridized carbons (Fsp3) is 0.545. The van der Waals surface area contributed by atoms with Crippen LogP contribution in [0.4, 0.5) is 8.78 Å². The van der Waals surface area contributed by atoms with Crippen molar-refractivity contribution in [3.63, 3.8) is 0 Å². The van der Waals surface area contributed by atoms with Crippen molar-refractivity contribution in [3.8, 4) is 0 Å². The lowest BCUT2D eigenvalue weighted by Crippen LogP contribution is -2.37. The summed E-state index contributed by atoms with van der Waals surface area (Å²) in [4.78, 5) is 0. The second-order valence-corrected chi connectivity index (χ2v) is 7.68. The Bertz CT molecular complexity index is 719. The number of allylic oxidation sites excluding steroid dienone is 3. The van der Waals surface area contributed by atoms with E-state index in [1.807, 2.05) is 12.2 Å². The number of halogens is 2. The molecule has 1 aromatic rings. The van der Waals surface area contributed by atoms with Crippen molar-refractivity contribution in [1.29, 1.82) is 0 Å². The molecule has 0 amide bonds. The Labute approximate surface area is 159 Å². The Morgan fingerprint density at radius 3 is 2.48 bits per heavy atom. The summed E-state index contributed by atoms with van der Waals surface area (Å²) in [6.45, 7) is 5.65. The molecule has 2 heterocycles. The molecule has 2 fully saturated rings. The summed E-state index contributed by atoms with van der Waals surface area (Å²) in [5.74, 6) is -0.841. The third-order valence-electron chi connectivity index (χ3n) is 5.75. The maximum Gasteiger partial charge on any atom is 0.166 e. The summed E-state index contributed by atoms with van der Waals surface area (Å²) >= 11 is 0. The summed E-state index contributed by atoms with van der Waals surface area (Å²) in [5.41, 5.74) is 1.55. The average Bonchev–Trinajstić information content (AvgIpc) is 3.54. The lowest BCUT2D eigenvalue weighted by atomic mass is 9.85. The van der Waals surface area contributed by atoms with Crippen LogP contribution in [-0.4, -0.2) is 26.1 Å². The van der Waals surface area contributed by atoms with Gasteiger partial charge in [-0.2, -0.15) is 0 Å². The first kappa shape index (κ1) is 18.8. The van der Waals surface area contributed by atoms with Crippen LogP contribution in [0.1, 0.15) is 49.3 Å². The minimum absolute atomic E-state index is 0.196. The molecule has 0 N–H and O–H groups in total. The molecule has 2 aliphatic heterocycles. The monoisotopic (exact) mass is 376 g/mol. The SMILES string of the molecule is C=CCCC1COC(C2CC=C(c3ccc(C4CO4)c(F)c3F)CC2)OC1. The molecule has 1 aliphatic carbocycles. The molecule has 1 aromatic carbocycles. The van der Waals surface area contributed by atoms with Crippen molar-refractivity contribution in [2.45, 2.75) is 44.5 Å². The molecule has 0 saturated carbocycles. The van der Waals surface area contributed by atoms with Crippen LogP contribution in [0.15, 0.2) is 30.9 Å². The van der Waals surface area contributed by atoms with Crippen LogP contribution in [0.3, 0.4) is 0 Å². The molecule has 0 aromatic heterocycles. The van der Waals surface area contributed by atoms with Gasteiger partial charge in [0.15, 0.2) is 17.9 Å². The van der Waals surface area contributed by atoms with Gasteiger partial charge >= 0.3 is 0 Å². The molecule has 27 heavy (non-hydrogen) atoms. The summed E-state index contributed by atoms with van der Waals surface area (Å²) < 4.78 is 45.7. The highest BCUT2D eigenvalue weighted by Gasteiger charge is 2.33. The normalized spacial score (nSPS) is 30.7. The van der Waals surface area contributed by atoms with E-state index in [0.717, 1.165) is 44.5 Å². The van der Waals surface area contributed by atoms with E-state index in [1.54, 1.807) is 12.1 Å². The number of benzene rings is 1. The van der Waals surface area contributed by atoms with Gasteiger partial charge in [-0.1, -0.05) is 24.3 Å². The van der Waals surface area contributed by atoms with Crippen LogP contribution >= 0.6 is 0 Å². The maximum absolute atomic E-state index is 14.5. The predicted molar refractivity (Wildman–Crippen MR) is 99.0 cm³/mol. The van der Waals surface area contributed by atoms with E-state index in [2.05, 4.69) is 6.58 Å². The summed E-state index contributed by atoms with van der Waals surface area (Å²) in [5, 5.41) is 0. The molecular weight excluding hydrogens is 350 g/mol. The van der Waals surface area contributed by atoms with Crippen molar-refractivity contribution in [3.05, 3.63) is 53.6 Å². The van der Waals surface area contributed by atoms with E-state index in [4.69, 9.17) is 14.2 Å². The largest absolute Gasteiger partial charge is 0.368 e. The van der Waals surface area contributed by atoms with Gasteiger partial charge in [-0.05, 0) is 37.7 Å². The fourth-order valence-corrected chi connectivity index (χ4v) is 3.99. The van der Waals surface area contributed by atoms with Gasteiger partial charge in [0.25, 0.3) is 0 Å². The van der Waals surface area contributed by atoms with Gasteiger partial charge in [0.05, 0.1) is 19.8 Å². The van der Waals surface area contributed by atoms with Gasteiger partial charge in [0.2, 0.25) is 0 Å². The Kier molecular flexibility index (Phi) is 5.71. The first-order valence-electron chi connectivity index (χ1n) is 9.80. The highest BCUT2D eigenvalue weighted by Crippen LogP contribution is 2.38. The number of rotatable bonds is 6. The average molecular weight is 376 g/mol. The first-order valence-corrected chi connectivity index (χ1v) is 9.80. The summed E-state index contributed by atoms with van der Waals surface area (Å²) in [6, 6.07) is 3.33. The van der Waals surface area contributed by atoms with Crippen molar-refractivity contribution in [2.24, 2.45) is 11.8 Å². The molecule has 3 aliphatic rings. The molecule has 0 spiro atoms. The van der Waals surface area contributed by atoms with Crippen LogP contribution in [0.2, 0.25) is 0 Å². The standard InChI is InChI=1S/C22H26F2O3/c1-2-3-4-14-11-26-22(27-12-14)16-7-5-15(6-8-16)17-9-10-18(19-13-25-19)21(24)20(17)23/h2,5,9-10,14,16,19,22H,1,3-4,6-8,11-13H2. The van der Waals surface area contributed by atoms with Crippen LogP contribution in [0.5, 0.6) is 0 Å². The van der Waals surface area contributed by atoms with Gasteiger partial charge in [0.1, 0.15) is 6.10 Å². The molecule has 146 valence electrons. The quantitative estimate of drug-likeness (QED) is 0.507. The number of hydrogen-bond donors (Lipinski definition) is 0. The molecular formula is C22H26F2O3. The molecule has 2 saturated heterocycles. The third-order valence-corrected chi connectivity index (χ3v) is 5.75. The molecule has 0 bridgehead atoms. The number of epoxide rings is 1. The predicted octanol–water partition coefficient (Wildman–Crippen LogP) is 5.17. The molecule has 5 heteroatoms. The molecule has 0 radical (unpaired) electrons. The third kappa shape index (κ3) is 4.15. The Balaban J connectivity index is 1.36. The number of ether oxygens (including phenoxy) is 3. The fourth-order valence-electron chi connectivity index (χ4n) is 3.99. The summed E-state index contributed by atoms with van der Waals surface area (Å²) in [7, 11) is 0. The van der Waals surface area contributed by atoms with Crippen molar-refractivity contribution in [1.82, 2.24) is 0 Å². The van der Waals surface area contributed by atoms with Crippen molar-refractivity contribution >= 4 is 5.57 Å². The van der Waals surface area contributed by atoms with E-state index >= 15 is 0 Å². The number of hydrogen-bond acceptors (Lipinski definition) is 3. The zero-order valence-electron chi connectivity index (χ0n) is 15.5. The van der Waals surface area contributed by atoms with E-state index < -0.39 is 11.6 Å². The van der Waals surface area contributed by atoms with Crippen molar-refractivity contribution < 1.29 is 23.0 Å². The van der Waals surface area contributed by atoms with Crippen LogP contribution in [0, 0.1) is 23.5 Å².